The lowest BCUT2D eigenvalue weighted by Crippen LogP contribution is -1.91. The summed E-state index contributed by atoms with van der Waals surface area (Å²) in [6.45, 7) is 4.47. The SMILES string of the molecule is CCCCCc1ccc(-c2ccc(CCc3nnc(CCCC)s3)cc2)cc1. The molecule has 0 saturated carbocycles. The van der Waals surface area contributed by atoms with Gasteiger partial charge >= 0.3 is 0 Å². The van der Waals surface area contributed by atoms with Crippen molar-refractivity contribution in [3.8, 4) is 11.1 Å². The first-order valence-corrected chi connectivity index (χ1v) is 11.6. The molecule has 0 aliphatic rings. The highest BCUT2D eigenvalue weighted by molar-refractivity contribution is 7.11. The molecule has 0 amide bonds. The first kappa shape index (κ1) is 20.7. The van der Waals surface area contributed by atoms with Crippen LogP contribution in [0.2, 0.25) is 0 Å². The number of hydrogen-bond donors (Lipinski definition) is 0. The number of unbranched alkanes of at least 4 members (excludes halogenated alkanes) is 3. The Hall–Kier alpha value is -2.00. The average molecular weight is 393 g/mol. The molecular weight excluding hydrogens is 360 g/mol. The molecule has 0 N–H and O–H groups in total. The van der Waals surface area contributed by atoms with Gasteiger partial charge in [0.25, 0.3) is 0 Å². The number of benzene rings is 2. The van der Waals surface area contributed by atoms with Crippen molar-refractivity contribution in [3.63, 3.8) is 0 Å². The van der Waals surface area contributed by atoms with Crippen LogP contribution in [-0.2, 0) is 25.7 Å². The van der Waals surface area contributed by atoms with Crippen molar-refractivity contribution in [2.45, 2.75) is 71.6 Å². The molecule has 0 aliphatic carbocycles. The van der Waals surface area contributed by atoms with Crippen molar-refractivity contribution in [1.82, 2.24) is 10.2 Å². The van der Waals surface area contributed by atoms with Gasteiger partial charge in [-0.1, -0.05) is 81.6 Å². The molecule has 0 aliphatic heterocycles. The maximum absolute atomic E-state index is 4.35. The first-order chi connectivity index (χ1) is 13.8. The van der Waals surface area contributed by atoms with Crippen LogP contribution in [0, 0.1) is 0 Å². The second kappa shape index (κ2) is 11.1. The predicted molar refractivity (Wildman–Crippen MR) is 121 cm³/mol. The Morgan fingerprint density at radius 3 is 1.68 bits per heavy atom. The van der Waals surface area contributed by atoms with Crippen LogP contribution in [0.15, 0.2) is 48.5 Å². The quantitative estimate of drug-likeness (QED) is 0.326. The van der Waals surface area contributed by atoms with Crippen molar-refractivity contribution in [2.75, 3.05) is 0 Å². The van der Waals surface area contributed by atoms with E-state index in [0.717, 1.165) is 24.3 Å². The minimum Gasteiger partial charge on any atom is -0.144 e. The van der Waals surface area contributed by atoms with Crippen molar-refractivity contribution in [2.24, 2.45) is 0 Å². The molecule has 0 unspecified atom stereocenters. The lowest BCUT2D eigenvalue weighted by Gasteiger charge is -2.06. The van der Waals surface area contributed by atoms with Crippen LogP contribution in [0.3, 0.4) is 0 Å². The number of rotatable bonds is 11. The molecule has 1 heterocycles. The summed E-state index contributed by atoms with van der Waals surface area (Å²) in [6, 6.07) is 18.1. The van der Waals surface area contributed by atoms with Crippen LogP contribution >= 0.6 is 11.3 Å². The third-order valence-corrected chi connectivity index (χ3v) is 6.23. The zero-order chi connectivity index (χ0) is 19.6. The fourth-order valence-electron chi connectivity index (χ4n) is 3.38. The Morgan fingerprint density at radius 2 is 1.11 bits per heavy atom. The van der Waals surface area contributed by atoms with E-state index in [1.807, 2.05) is 0 Å². The van der Waals surface area contributed by atoms with Crippen LogP contribution in [0.4, 0.5) is 0 Å². The summed E-state index contributed by atoms with van der Waals surface area (Å²) in [5.41, 5.74) is 5.41. The minimum absolute atomic E-state index is 0.982. The largest absolute Gasteiger partial charge is 0.144 e. The monoisotopic (exact) mass is 392 g/mol. The normalized spacial score (nSPS) is 11.1. The molecule has 3 rings (SSSR count). The van der Waals surface area contributed by atoms with Crippen LogP contribution < -0.4 is 0 Å². The van der Waals surface area contributed by atoms with Gasteiger partial charge in [-0.25, -0.2) is 0 Å². The van der Waals surface area contributed by atoms with Gasteiger partial charge in [0.15, 0.2) is 0 Å². The lowest BCUT2D eigenvalue weighted by molar-refractivity contribution is 0.717. The van der Waals surface area contributed by atoms with Crippen molar-refractivity contribution in [3.05, 3.63) is 69.7 Å². The van der Waals surface area contributed by atoms with Gasteiger partial charge in [0.05, 0.1) is 0 Å². The molecule has 2 aromatic carbocycles. The first-order valence-electron chi connectivity index (χ1n) is 10.8. The average Bonchev–Trinajstić information content (AvgIpc) is 3.20. The Kier molecular flexibility index (Phi) is 8.23. The summed E-state index contributed by atoms with van der Waals surface area (Å²) in [7, 11) is 0. The van der Waals surface area contributed by atoms with Crippen LogP contribution in [0.1, 0.15) is 67.1 Å². The van der Waals surface area contributed by atoms with E-state index in [1.165, 1.54) is 65.8 Å². The maximum Gasteiger partial charge on any atom is 0.117 e. The molecule has 1 aromatic heterocycles. The number of hydrogen-bond acceptors (Lipinski definition) is 3. The van der Waals surface area contributed by atoms with E-state index in [1.54, 1.807) is 11.3 Å². The van der Waals surface area contributed by atoms with E-state index in [0.29, 0.717) is 0 Å². The molecule has 28 heavy (non-hydrogen) atoms. The van der Waals surface area contributed by atoms with E-state index in [-0.39, 0.29) is 0 Å². The Labute approximate surface area is 174 Å². The summed E-state index contributed by atoms with van der Waals surface area (Å²) in [4.78, 5) is 0. The summed E-state index contributed by atoms with van der Waals surface area (Å²) in [5.74, 6) is 0. The van der Waals surface area contributed by atoms with Gasteiger partial charge in [-0.15, -0.1) is 21.5 Å². The molecule has 0 atom stereocenters. The van der Waals surface area contributed by atoms with Gasteiger partial charge in [0.1, 0.15) is 10.0 Å². The van der Waals surface area contributed by atoms with Crippen LogP contribution in [-0.4, -0.2) is 10.2 Å². The molecule has 0 fully saturated rings. The highest BCUT2D eigenvalue weighted by Crippen LogP contribution is 2.22. The Morgan fingerprint density at radius 1 is 0.571 bits per heavy atom. The lowest BCUT2D eigenvalue weighted by atomic mass is 9.99. The number of aromatic nitrogens is 2. The van der Waals surface area contributed by atoms with Crippen molar-refractivity contribution in [1.29, 1.82) is 0 Å². The highest BCUT2D eigenvalue weighted by Gasteiger charge is 2.05. The summed E-state index contributed by atoms with van der Waals surface area (Å²) < 4.78 is 0. The molecule has 0 saturated heterocycles. The van der Waals surface area contributed by atoms with Gasteiger partial charge in [0, 0.05) is 12.8 Å². The van der Waals surface area contributed by atoms with Gasteiger partial charge in [0.2, 0.25) is 0 Å². The predicted octanol–water partition coefficient (Wildman–Crippen LogP) is 7.07. The van der Waals surface area contributed by atoms with Gasteiger partial charge in [-0.2, -0.15) is 0 Å². The smallest absolute Gasteiger partial charge is 0.117 e. The molecule has 3 heteroatoms. The van der Waals surface area contributed by atoms with E-state index >= 15 is 0 Å². The van der Waals surface area contributed by atoms with Crippen molar-refractivity contribution < 1.29 is 0 Å². The molecule has 148 valence electrons. The summed E-state index contributed by atoms with van der Waals surface area (Å²) >= 11 is 1.78. The van der Waals surface area contributed by atoms with Crippen molar-refractivity contribution >= 4 is 11.3 Å². The fourth-order valence-corrected chi connectivity index (χ4v) is 4.26. The maximum atomic E-state index is 4.35. The molecule has 0 radical (unpaired) electrons. The minimum atomic E-state index is 0.982. The third kappa shape index (κ3) is 6.27. The topological polar surface area (TPSA) is 25.8 Å². The van der Waals surface area contributed by atoms with Crippen LogP contribution in [0.5, 0.6) is 0 Å². The molecule has 2 nitrogen and oxygen atoms in total. The second-order valence-electron chi connectivity index (χ2n) is 7.54. The molecule has 3 aromatic rings. The Bertz CT molecular complexity index is 819. The highest BCUT2D eigenvalue weighted by atomic mass is 32.1. The number of nitrogens with zero attached hydrogens (tertiary/aromatic N) is 2. The summed E-state index contributed by atoms with van der Waals surface area (Å²) in [5, 5.41) is 11.0. The van der Waals surface area contributed by atoms with Gasteiger partial charge in [-0.05, 0) is 47.9 Å². The summed E-state index contributed by atoms with van der Waals surface area (Å²) in [6.07, 6.45) is 10.6. The van der Waals surface area contributed by atoms with E-state index < -0.39 is 0 Å². The zero-order valence-electron chi connectivity index (χ0n) is 17.3. The zero-order valence-corrected chi connectivity index (χ0v) is 18.1. The standard InChI is InChI=1S/C25H32N2S/c1-3-5-7-8-20-10-15-22(16-11-20)23-17-12-21(13-18-23)14-19-25-27-26-24(28-25)9-6-4-2/h10-13,15-18H,3-9,14,19H2,1-2H3. The van der Waals surface area contributed by atoms with E-state index in [2.05, 4.69) is 72.6 Å². The second-order valence-corrected chi connectivity index (χ2v) is 8.69. The molecule has 0 spiro atoms. The van der Waals surface area contributed by atoms with Gasteiger partial charge in [-0.3, -0.25) is 0 Å². The van der Waals surface area contributed by atoms with E-state index in [4.69, 9.17) is 0 Å². The Balaban J connectivity index is 1.52. The molecular formula is C25H32N2S. The van der Waals surface area contributed by atoms with Gasteiger partial charge < -0.3 is 0 Å². The molecule has 0 bridgehead atoms. The fraction of sp³-hybridized carbons (Fsp3) is 0.440. The number of aryl methyl sites for hydroxylation is 4. The third-order valence-electron chi connectivity index (χ3n) is 5.19. The van der Waals surface area contributed by atoms with E-state index in [9.17, 15) is 0 Å². The van der Waals surface area contributed by atoms with Crippen LogP contribution in [0.25, 0.3) is 11.1 Å².